The standard InChI is InChI=1S/C15H15FN2O2/c1-9-2-3-10(8-17)6-14(9)18-15(20)12-5-4-11(19)7-13(12)16/h2-7,19H,8,17H2,1H3,(H,18,20). The van der Waals surface area contributed by atoms with Gasteiger partial charge in [-0.05, 0) is 36.2 Å². The molecule has 4 nitrogen and oxygen atoms in total. The lowest BCUT2D eigenvalue weighted by Gasteiger charge is -2.10. The molecule has 0 aliphatic carbocycles. The van der Waals surface area contributed by atoms with Crippen molar-refractivity contribution in [2.75, 3.05) is 5.32 Å². The molecule has 104 valence electrons. The SMILES string of the molecule is Cc1ccc(CN)cc1NC(=O)c1ccc(O)cc1F. The molecule has 0 radical (unpaired) electrons. The maximum Gasteiger partial charge on any atom is 0.258 e. The summed E-state index contributed by atoms with van der Waals surface area (Å²) in [7, 11) is 0. The summed E-state index contributed by atoms with van der Waals surface area (Å²) in [5.74, 6) is -1.56. The van der Waals surface area contributed by atoms with Crippen LogP contribution < -0.4 is 11.1 Å². The number of benzene rings is 2. The van der Waals surface area contributed by atoms with Gasteiger partial charge in [0.15, 0.2) is 0 Å². The number of nitrogens with two attached hydrogens (primary N) is 1. The minimum Gasteiger partial charge on any atom is -0.508 e. The summed E-state index contributed by atoms with van der Waals surface area (Å²) in [6, 6.07) is 8.87. The largest absolute Gasteiger partial charge is 0.508 e. The molecule has 0 atom stereocenters. The molecular weight excluding hydrogens is 259 g/mol. The van der Waals surface area contributed by atoms with Crippen LogP contribution in [-0.4, -0.2) is 11.0 Å². The quantitative estimate of drug-likeness (QED) is 0.805. The second-order valence-electron chi connectivity index (χ2n) is 4.47. The third-order valence-corrected chi connectivity index (χ3v) is 2.98. The van der Waals surface area contributed by atoms with Crippen molar-refractivity contribution in [1.29, 1.82) is 0 Å². The first kappa shape index (κ1) is 14.0. The first-order valence-electron chi connectivity index (χ1n) is 6.10. The highest BCUT2D eigenvalue weighted by molar-refractivity contribution is 6.04. The molecule has 0 aliphatic heterocycles. The average molecular weight is 274 g/mol. The van der Waals surface area contributed by atoms with Crippen molar-refractivity contribution in [3.8, 4) is 5.75 Å². The van der Waals surface area contributed by atoms with Gasteiger partial charge in [0.25, 0.3) is 5.91 Å². The Morgan fingerprint density at radius 2 is 2.05 bits per heavy atom. The van der Waals surface area contributed by atoms with Gasteiger partial charge < -0.3 is 16.2 Å². The Labute approximate surface area is 116 Å². The van der Waals surface area contributed by atoms with Crippen LogP contribution in [0.1, 0.15) is 21.5 Å². The first-order valence-corrected chi connectivity index (χ1v) is 6.10. The van der Waals surface area contributed by atoms with Crippen molar-refractivity contribution in [1.82, 2.24) is 0 Å². The molecule has 0 saturated heterocycles. The lowest BCUT2D eigenvalue weighted by atomic mass is 10.1. The van der Waals surface area contributed by atoms with Crippen molar-refractivity contribution in [3.05, 3.63) is 58.9 Å². The second-order valence-corrected chi connectivity index (χ2v) is 4.47. The van der Waals surface area contributed by atoms with Crippen molar-refractivity contribution >= 4 is 11.6 Å². The van der Waals surface area contributed by atoms with Crippen molar-refractivity contribution in [3.63, 3.8) is 0 Å². The number of carbonyl (C=O) groups excluding carboxylic acids is 1. The summed E-state index contributed by atoms with van der Waals surface area (Å²) in [5.41, 5.74) is 7.74. The van der Waals surface area contributed by atoms with Gasteiger partial charge in [0, 0.05) is 18.3 Å². The lowest BCUT2D eigenvalue weighted by molar-refractivity contribution is 0.102. The number of amides is 1. The van der Waals surface area contributed by atoms with Gasteiger partial charge in [0.05, 0.1) is 5.56 Å². The van der Waals surface area contributed by atoms with Gasteiger partial charge in [-0.2, -0.15) is 0 Å². The summed E-state index contributed by atoms with van der Waals surface area (Å²) in [6.45, 7) is 2.19. The minimum atomic E-state index is -0.768. The Hall–Kier alpha value is -2.40. The van der Waals surface area contributed by atoms with Gasteiger partial charge in [-0.3, -0.25) is 4.79 Å². The molecule has 0 bridgehead atoms. The number of nitrogens with one attached hydrogen (secondary N) is 1. The minimum absolute atomic E-state index is 0.125. The maximum absolute atomic E-state index is 13.6. The summed E-state index contributed by atoms with van der Waals surface area (Å²) >= 11 is 0. The predicted octanol–water partition coefficient (Wildman–Crippen LogP) is 2.55. The smallest absolute Gasteiger partial charge is 0.258 e. The van der Waals surface area contributed by atoms with E-state index in [0.29, 0.717) is 12.2 Å². The Kier molecular flexibility index (Phi) is 4.00. The molecule has 0 saturated carbocycles. The summed E-state index contributed by atoms with van der Waals surface area (Å²) in [5, 5.41) is 11.8. The van der Waals surface area contributed by atoms with Gasteiger partial charge in [-0.1, -0.05) is 12.1 Å². The topological polar surface area (TPSA) is 75.3 Å². The summed E-state index contributed by atoms with van der Waals surface area (Å²) < 4.78 is 13.6. The number of aryl methyl sites for hydroxylation is 1. The third-order valence-electron chi connectivity index (χ3n) is 2.98. The zero-order chi connectivity index (χ0) is 14.7. The molecule has 1 amide bonds. The molecule has 2 rings (SSSR count). The number of hydrogen-bond donors (Lipinski definition) is 3. The molecule has 4 N–H and O–H groups in total. The van der Waals surface area contributed by atoms with Gasteiger partial charge in [0.1, 0.15) is 11.6 Å². The van der Waals surface area contributed by atoms with E-state index in [4.69, 9.17) is 10.8 Å². The van der Waals surface area contributed by atoms with Crippen LogP contribution in [0.2, 0.25) is 0 Å². The van der Waals surface area contributed by atoms with E-state index in [1.807, 2.05) is 19.1 Å². The van der Waals surface area contributed by atoms with Crippen molar-refractivity contribution in [2.24, 2.45) is 5.73 Å². The zero-order valence-corrected chi connectivity index (χ0v) is 11.0. The average Bonchev–Trinajstić information content (AvgIpc) is 2.41. The number of rotatable bonds is 3. The van der Waals surface area contributed by atoms with E-state index in [-0.39, 0.29) is 11.3 Å². The number of anilines is 1. The molecule has 0 aromatic heterocycles. The third kappa shape index (κ3) is 2.95. The number of carbonyl (C=O) groups is 1. The van der Waals surface area contributed by atoms with Crippen LogP contribution in [-0.2, 0) is 6.54 Å². The Morgan fingerprint density at radius 1 is 1.30 bits per heavy atom. The van der Waals surface area contributed by atoms with Crippen molar-refractivity contribution in [2.45, 2.75) is 13.5 Å². The molecule has 0 fully saturated rings. The highest BCUT2D eigenvalue weighted by Gasteiger charge is 2.13. The van der Waals surface area contributed by atoms with Crippen LogP contribution in [0.15, 0.2) is 36.4 Å². The fourth-order valence-corrected chi connectivity index (χ4v) is 1.81. The number of halogens is 1. The van der Waals surface area contributed by atoms with Gasteiger partial charge in [0.2, 0.25) is 0 Å². The molecule has 0 aliphatic rings. The number of aromatic hydroxyl groups is 1. The van der Waals surface area contributed by atoms with E-state index in [9.17, 15) is 9.18 Å². The lowest BCUT2D eigenvalue weighted by Crippen LogP contribution is -2.15. The zero-order valence-electron chi connectivity index (χ0n) is 11.0. The van der Waals surface area contributed by atoms with Crippen LogP contribution in [0, 0.1) is 12.7 Å². The van der Waals surface area contributed by atoms with Crippen LogP contribution in [0.3, 0.4) is 0 Å². The predicted molar refractivity (Wildman–Crippen MR) is 75.1 cm³/mol. The number of phenolic OH excluding ortho intramolecular Hbond substituents is 1. The van der Waals surface area contributed by atoms with E-state index in [1.165, 1.54) is 12.1 Å². The Bertz CT molecular complexity index is 656. The van der Waals surface area contributed by atoms with Crippen LogP contribution in [0.5, 0.6) is 5.75 Å². The van der Waals surface area contributed by atoms with E-state index < -0.39 is 11.7 Å². The Balaban J connectivity index is 2.27. The number of phenols is 1. The molecule has 0 spiro atoms. The fraction of sp³-hybridized carbons (Fsp3) is 0.133. The van der Waals surface area contributed by atoms with Gasteiger partial charge >= 0.3 is 0 Å². The van der Waals surface area contributed by atoms with Crippen LogP contribution in [0.4, 0.5) is 10.1 Å². The van der Waals surface area contributed by atoms with E-state index in [0.717, 1.165) is 17.2 Å². The molecular formula is C15H15FN2O2. The molecule has 5 heteroatoms. The van der Waals surface area contributed by atoms with Crippen LogP contribution >= 0.6 is 0 Å². The van der Waals surface area contributed by atoms with E-state index in [2.05, 4.69) is 5.32 Å². The fourth-order valence-electron chi connectivity index (χ4n) is 1.81. The second kappa shape index (κ2) is 5.71. The van der Waals surface area contributed by atoms with E-state index in [1.54, 1.807) is 6.07 Å². The molecule has 2 aromatic carbocycles. The molecule has 0 unspecified atom stereocenters. The summed E-state index contributed by atoms with van der Waals surface area (Å²) in [6.07, 6.45) is 0. The normalized spacial score (nSPS) is 10.3. The Morgan fingerprint density at radius 3 is 2.70 bits per heavy atom. The number of hydrogen-bond acceptors (Lipinski definition) is 3. The van der Waals surface area contributed by atoms with Gasteiger partial charge in [-0.15, -0.1) is 0 Å². The highest BCUT2D eigenvalue weighted by Crippen LogP contribution is 2.20. The van der Waals surface area contributed by atoms with Gasteiger partial charge in [-0.25, -0.2) is 4.39 Å². The maximum atomic E-state index is 13.6. The molecule has 2 aromatic rings. The summed E-state index contributed by atoms with van der Waals surface area (Å²) in [4.78, 5) is 12.0. The van der Waals surface area contributed by atoms with E-state index >= 15 is 0 Å². The highest BCUT2D eigenvalue weighted by atomic mass is 19.1. The monoisotopic (exact) mass is 274 g/mol. The van der Waals surface area contributed by atoms with Crippen LogP contribution in [0.25, 0.3) is 0 Å². The molecule has 0 heterocycles. The van der Waals surface area contributed by atoms with Crippen molar-refractivity contribution < 1.29 is 14.3 Å². The molecule has 20 heavy (non-hydrogen) atoms. The first-order chi connectivity index (χ1) is 9.51.